The fourth-order valence-corrected chi connectivity index (χ4v) is 4.91. The van der Waals surface area contributed by atoms with E-state index in [1.807, 2.05) is 54.7 Å². The minimum atomic E-state index is -0.917. The molecule has 0 aliphatic carbocycles. The number of amides is 1. The van der Waals surface area contributed by atoms with Crippen molar-refractivity contribution in [3.8, 4) is 11.5 Å². The van der Waals surface area contributed by atoms with E-state index in [4.69, 9.17) is 20.0 Å². The van der Waals surface area contributed by atoms with Crippen molar-refractivity contribution in [1.29, 1.82) is 0 Å². The number of carbonyl (C=O) groups is 2. The van der Waals surface area contributed by atoms with Crippen molar-refractivity contribution in [3.05, 3.63) is 60.3 Å². The molecule has 0 radical (unpaired) electrons. The molecule has 3 N–H and O–H groups in total. The Kier molecular flexibility index (Phi) is 5.00. The number of nitrogens with two attached hydrogens (primary N) is 1. The molecule has 1 amide bonds. The second kappa shape index (κ2) is 8.21. The Morgan fingerprint density at radius 2 is 1.94 bits per heavy atom. The van der Waals surface area contributed by atoms with Crippen molar-refractivity contribution >= 4 is 44.9 Å². The van der Waals surface area contributed by atoms with Crippen LogP contribution in [-0.2, 0) is 21.0 Å². The van der Waals surface area contributed by atoms with E-state index < -0.39 is 12.0 Å². The summed E-state index contributed by atoms with van der Waals surface area (Å²) >= 11 is 0. The number of hydroxylamine groups is 1. The number of anilines is 2. The summed E-state index contributed by atoms with van der Waals surface area (Å²) < 4.78 is 13.3. The predicted molar refractivity (Wildman–Crippen MR) is 131 cm³/mol. The molecule has 178 valence electrons. The van der Waals surface area contributed by atoms with E-state index in [2.05, 4.69) is 9.88 Å². The molecule has 2 aliphatic rings. The van der Waals surface area contributed by atoms with E-state index in [-0.39, 0.29) is 12.7 Å². The molecule has 0 saturated carbocycles. The summed E-state index contributed by atoms with van der Waals surface area (Å²) in [5, 5.41) is 7.09. The van der Waals surface area contributed by atoms with Gasteiger partial charge in [0.15, 0.2) is 17.5 Å². The molecular weight excluding hydrogens is 448 g/mol. The second-order valence-electron chi connectivity index (χ2n) is 8.63. The van der Waals surface area contributed by atoms with Gasteiger partial charge in [-0.1, -0.05) is 30.3 Å². The Morgan fingerprint density at radius 3 is 2.74 bits per heavy atom. The Hall–Kier alpha value is -4.24. The number of aromatic nitrogens is 1. The molecule has 6 rings (SSSR count). The molecule has 2 aliphatic heterocycles. The molecular formula is C26H24N4O5. The Morgan fingerprint density at radius 1 is 1.14 bits per heavy atom. The van der Waals surface area contributed by atoms with Crippen molar-refractivity contribution in [2.24, 2.45) is 5.73 Å². The average Bonchev–Trinajstić information content (AvgIpc) is 3.44. The molecule has 4 aromatic rings. The number of aryl methyl sites for hydroxylation is 1. The minimum Gasteiger partial charge on any atom is -0.454 e. The minimum absolute atomic E-state index is 0.142. The normalized spacial score (nSPS) is 16.5. The first-order chi connectivity index (χ1) is 17.0. The summed E-state index contributed by atoms with van der Waals surface area (Å²) in [7, 11) is 0. The van der Waals surface area contributed by atoms with E-state index in [9.17, 15) is 9.59 Å². The third kappa shape index (κ3) is 3.43. The van der Waals surface area contributed by atoms with Crippen LogP contribution in [0, 0.1) is 0 Å². The van der Waals surface area contributed by atoms with Crippen LogP contribution in [0.1, 0.15) is 24.9 Å². The van der Waals surface area contributed by atoms with Gasteiger partial charge in [0, 0.05) is 42.1 Å². The monoisotopic (exact) mass is 472 g/mol. The van der Waals surface area contributed by atoms with Gasteiger partial charge in [0.1, 0.15) is 5.69 Å². The van der Waals surface area contributed by atoms with Gasteiger partial charge >= 0.3 is 5.97 Å². The van der Waals surface area contributed by atoms with E-state index in [1.54, 1.807) is 0 Å². The molecule has 1 atom stereocenters. The SMILES string of the molecule is CC(=O)ON1c2c(ccc3ccccc23)NC(=O)C1c1cn(CCCN)c2cc3c(cc12)OCO3. The van der Waals surface area contributed by atoms with Crippen molar-refractivity contribution in [2.45, 2.75) is 25.9 Å². The van der Waals surface area contributed by atoms with Gasteiger partial charge in [0.05, 0.1) is 11.2 Å². The van der Waals surface area contributed by atoms with Crippen LogP contribution in [0.15, 0.2) is 54.7 Å². The van der Waals surface area contributed by atoms with Crippen molar-refractivity contribution in [2.75, 3.05) is 23.7 Å². The predicted octanol–water partition coefficient (Wildman–Crippen LogP) is 3.85. The van der Waals surface area contributed by atoms with Gasteiger partial charge in [-0.15, -0.1) is 0 Å². The smallest absolute Gasteiger partial charge is 0.329 e. The highest BCUT2D eigenvalue weighted by atomic mass is 16.7. The lowest BCUT2D eigenvalue weighted by Crippen LogP contribution is -2.42. The largest absolute Gasteiger partial charge is 0.454 e. The topological polar surface area (TPSA) is 108 Å². The molecule has 0 saturated heterocycles. The quantitative estimate of drug-likeness (QED) is 0.454. The van der Waals surface area contributed by atoms with Crippen LogP contribution in [0.2, 0.25) is 0 Å². The van der Waals surface area contributed by atoms with Crippen molar-refractivity contribution < 1.29 is 23.9 Å². The highest BCUT2D eigenvalue weighted by molar-refractivity contribution is 6.12. The van der Waals surface area contributed by atoms with Crippen LogP contribution in [0.5, 0.6) is 11.5 Å². The zero-order chi connectivity index (χ0) is 24.1. The lowest BCUT2D eigenvalue weighted by molar-refractivity contribution is -0.144. The van der Waals surface area contributed by atoms with Gasteiger partial charge < -0.3 is 29.9 Å². The third-order valence-corrected chi connectivity index (χ3v) is 6.39. The first kappa shape index (κ1) is 21.3. The number of carbonyl (C=O) groups excluding carboxylic acids is 2. The fraction of sp³-hybridized carbons (Fsp3) is 0.231. The Balaban J connectivity index is 1.58. The van der Waals surface area contributed by atoms with Gasteiger partial charge in [0.25, 0.3) is 5.91 Å². The Bertz CT molecular complexity index is 1490. The standard InChI is InChI=1S/C26H24N4O5/c1-15(31)35-30-24-17-6-3-2-5-16(17)7-8-20(24)28-26(32)25(30)19-13-29(10-4-9-27)21-12-23-22(11-18(19)21)33-14-34-23/h2-3,5-8,11-13,25H,4,9-10,14,27H2,1H3,(H,28,32). The van der Waals surface area contributed by atoms with Crippen LogP contribution in [0.25, 0.3) is 21.7 Å². The fourth-order valence-electron chi connectivity index (χ4n) is 4.91. The van der Waals surface area contributed by atoms with Crippen molar-refractivity contribution in [1.82, 2.24) is 4.57 Å². The lowest BCUT2D eigenvalue weighted by atomic mass is 9.98. The van der Waals surface area contributed by atoms with Crippen LogP contribution in [0.3, 0.4) is 0 Å². The van der Waals surface area contributed by atoms with Crippen LogP contribution in [-0.4, -0.2) is 29.8 Å². The maximum Gasteiger partial charge on any atom is 0.329 e. The summed E-state index contributed by atoms with van der Waals surface area (Å²) in [6.45, 7) is 2.66. The second-order valence-corrected chi connectivity index (χ2v) is 8.63. The molecule has 9 heteroatoms. The maximum absolute atomic E-state index is 13.6. The number of nitrogens with one attached hydrogen (secondary N) is 1. The lowest BCUT2D eigenvalue weighted by Gasteiger charge is -2.36. The number of ether oxygens (including phenoxy) is 2. The maximum atomic E-state index is 13.6. The number of benzene rings is 3. The van der Waals surface area contributed by atoms with Gasteiger partial charge in [-0.05, 0) is 30.5 Å². The summed E-state index contributed by atoms with van der Waals surface area (Å²) in [5.41, 5.74) is 8.56. The van der Waals surface area contributed by atoms with Crippen LogP contribution < -0.4 is 25.6 Å². The Labute approximate surface area is 200 Å². The summed E-state index contributed by atoms with van der Waals surface area (Å²) in [6.07, 6.45) is 2.68. The average molecular weight is 473 g/mol. The third-order valence-electron chi connectivity index (χ3n) is 6.39. The molecule has 3 aromatic carbocycles. The van der Waals surface area contributed by atoms with Gasteiger partial charge in [0.2, 0.25) is 6.79 Å². The zero-order valence-electron chi connectivity index (χ0n) is 19.1. The van der Waals surface area contributed by atoms with E-state index >= 15 is 0 Å². The highest BCUT2D eigenvalue weighted by Gasteiger charge is 2.40. The summed E-state index contributed by atoms with van der Waals surface area (Å²) in [6, 6.07) is 14.4. The summed E-state index contributed by atoms with van der Waals surface area (Å²) in [4.78, 5) is 31.6. The number of nitrogens with zero attached hydrogens (tertiary/aromatic N) is 2. The molecule has 0 spiro atoms. The molecule has 1 aromatic heterocycles. The molecule has 1 unspecified atom stereocenters. The first-order valence-electron chi connectivity index (χ1n) is 11.5. The van der Waals surface area contributed by atoms with Gasteiger partial charge in [-0.2, -0.15) is 5.06 Å². The van der Waals surface area contributed by atoms with Crippen molar-refractivity contribution in [3.63, 3.8) is 0 Å². The molecule has 35 heavy (non-hydrogen) atoms. The number of fused-ring (bicyclic) bond motifs is 5. The number of hydrogen-bond donors (Lipinski definition) is 2. The van der Waals surface area contributed by atoms with Crippen LogP contribution >= 0.6 is 0 Å². The molecule has 3 heterocycles. The molecule has 0 fully saturated rings. The van der Waals surface area contributed by atoms with E-state index in [1.165, 1.54) is 12.0 Å². The first-order valence-corrected chi connectivity index (χ1v) is 11.5. The zero-order valence-corrected chi connectivity index (χ0v) is 19.1. The molecule has 9 nitrogen and oxygen atoms in total. The van der Waals surface area contributed by atoms with Gasteiger partial charge in [-0.3, -0.25) is 9.59 Å². The number of rotatable bonds is 5. The van der Waals surface area contributed by atoms with E-state index in [0.29, 0.717) is 41.5 Å². The van der Waals surface area contributed by atoms with Crippen LogP contribution in [0.4, 0.5) is 11.4 Å². The number of hydrogen-bond acceptors (Lipinski definition) is 7. The molecule has 0 bridgehead atoms. The summed E-state index contributed by atoms with van der Waals surface area (Å²) in [5.74, 6) is 0.437. The van der Waals surface area contributed by atoms with E-state index in [0.717, 1.165) is 28.1 Å². The highest BCUT2D eigenvalue weighted by Crippen LogP contribution is 2.46. The van der Waals surface area contributed by atoms with Gasteiger partial charge in [-0.25, -0.2) is 0 Å².